The van der Waals surface area contributed by atoms with Crippen molar-refractivity contribution in [2.75, 3.05) is 13.6 Å². The van der Waals surface area contributed by atoms with Gasteiger partial charge in [0.25, 0.3) is 0 Å². The van der Waals surface area contributed by atoms with E-state index in [0.29, 0.717) is 33.9 Å². The molecule has 223 valence electrons. The average Bonchev–Trinajstić information content (AvgIpc) is 3.80. The molecule has 0 aromatic heterocycles. The third-order valence-electron chi connectivity index (χ3n) is 8.13. The maximum Gasteiger partial charge on any atom is 0.231 e. The Morgan fingerprint density at radius 3 is 1.41 bits per heavy atom. The van der Waals surface area contributed by atoms with Gasteiger partial charge >= 0.3 is 0 Å². The molecule has 0 amide bonds. The molecule has 0 spiro atoms. The molecule has 2 heterocycles. The molecule has 0 aliphatic carbocycles. The molecule has 0 saturated carbocycles. The second-order valence-corrected chi connectivity index (χ2v) is 15.6. The van der Waals surface area contributed by atoms with E-state index in [1.165, 1.54) is 10.6 Å². The molecular weight excluding hydrogens is 609 g/mol. The number of fused-ring (bicyclic) bond motifs is 2. The van der Waals surface area contributed by atoms with E-state index in [0.717, 1.165) is 21.5 Å². The largest absolute Gasteiger partial charge is 0.454 e. The number of benzene rings is 6. The Hall–Kier alpha value is -4.76. The summed E-state index contributed by atoms with van der Waals surface area (Å²) in [5.74, 6) is 2.42. The van der Waals surface area contributed by atoms with Crippen LogP contribution in [0.15, 0.2) is 146 Å². The fraction of sp³-hybridized carbons (Fsp3) is 0.0526. The average molecular weight is 637 g/mol. The first-order valence-electron chi connectivity index (χ1n) is 14.7. The van der Waals surface area contributed by atoms with Crippen LogP contribution >= 0.6 is 15.1 Å². The molecule has 0 atom stereocenters. The Morgan fingerprint density at radius 2 is 0.913 bits per heavy atom. The maximum atomic E-state index is 16.0. The third-order valence-corrected chi connectivity index (χ3v) is 13.7. The lowest BCUT2D eigenvalue weighted by Crippen LogP contribution is -2.28. The standard InChI is InChI=1S/C38H28O5P2.B/c39-45(29-17-9-3-10-18-29,30-19-11-4-12-20-30)34-24-22-32-38(43-26-41-32)36(34)35-33(23-21-31-37(35)42-25-40-31)44(27-13-5-1-6-14-27)28-15-7-2-8-16-28;/h1-24H,25-26H2;. The summed E-state index contributed by atoms with van der Waals surface area (Å²) in [7, 11) is -4.54. The number of rotatable bonds is 7. The fourth-order valence-electron chi connectivity index (χ4n) is 6.14. The summed E-state index contributed by atoms with van der Waals surface area (Å²) in [6, 6.07) is 48.4. The first-order chi connectivity index (χ1) is 22.2. The molecule has 6 aromatic rings. The van der Waals surface area contributed by atoms with Gasteiger partial charge in [-0.1, -0.05) is 121 Å². The molecule has 3 radical (unpaired) electrons. The number of ether oxygens (including phenoxy) is 4. The second kappa shape index (κ2) is 12.6. The van der Waals surface area contributed by atoms with Crippen LogP contribution in [0.4, 0.5) is 0 Å². The topological polar surface area (TPSA) is 54.0 Å². The van der Waals surface area contributed by atoms with Crippen LogP contribution in [0.3, 0.4) is 0 Å². The predicted molar refractivity (Wildman–Crippen MR) is 188 cm³/mol. The third kappa shape index (κ3) is 4.99. The first-order valence-corrected chi connectivity index (χ1v) is 17.8. The molecule has 0 bridgehead atoms. The van der Waals surface area contributed by atoms with E-state index < -0.39 is 15.1 Å². The number of hydrogen-bond acceptors (Lipinski definition) is 5. The molecule has 2 aliphatic heterocycles. The zero-order valence-electron chi connectivity index (χ0n) is 24.8. The van der Waals surface area contributed by atoms with E-state index in [1.807, 2.05) is 91.0 Å². The van der Waals surface area contributed by atoms with Gasteiger partial charge in [0.1, 0.15) is 0 Å². The molecule has 2 aliphatic rings. The lowest BCUT2D eigenvalue weighted by atomic mass is 10.0. The fourth-order valence-corrected chi connectivity index (χ4v) is 11.4. The van der Waals surface area contributed by atoms with E-state index in [9.17, 15) is 0 Å². The summed E-state index contributed by atoms with van der Waals surface area (Å²) in [5, 5.41) is 5.53. The van der Waals surface area contributed by atoms with E-state index in [1.54, 1.807) is 0 Å². The zero-order valence-corrected chi connectivity index (χ0v) is 26.6. The Balaban J connectivity index is 0.00000338. The van der Waals surface area contributed by atoms with Gasteiger partial charge in [-0.05, 0) is 48.1 Å². The highest BCUT2D eigenvalue weighted by Gasteiger charge is 2.39. The van der Waals surface area contributed by atoms with Crippen LogP contribution in [0.1, 0.15) is 0 Å². The summed E-state index contributed by atoms with van der Waals surface area (Å²) < 4.78 is 40.4. The van der Waals surface area contributed by atoms with Gasteiger partial charge < -0.3 is 23.5 Å². The van der Waals surface area contributed by atoms with E-state index in [4.69, 9.17) is 18.9 Å². The molecule has 5 nitrogen and oxygen atoms in total. The normalized spacial score (nSPS) is 13.0. The van der Waals surface area contributed by atoms with Crippen molar-refractivity contribution in [2.24, 2.45) is 0 Å². The van der Waals surface area contributed by atoms with Crippen molar-refractivity contribution in [1.82, 2.24) is 0 Å². The molecule has 46 heavy (non-hydrogen) atoms. The van der Waals surface area contributed by atoms with Crippen LogP contribution in [-0.2, 0) is 4.57 Å². The van der Waals surface area contributed by atoms with Gasteiger partial charge in [-0.2, -0.15) is 0 Å². The Kier molecular flexibility index (Phi) is 8.17. The first kappa shape index (κ1) is 29.9. The molecule has 8 rings (SSSR count). The minimum atomic E-state index is -3.46. The minimum absolute atomic E-state index is 0. The highest BCUT2D eigenvalue weighted by molar-refractivity contribution is 7.85. The second-order valence-electron chi connectivity index (χ2n) is 10.7. The lowest BCUT2D eigenvalue weighted by Gasteiger charge is -2.27. The van der Waals surface area contributed by atoms with Crippen molar-refractivity contribution in [2.45, 2.75) is 0 Å². The minimum Gasteiger partial charge on any atom is -0.454 e. The van der Waals surface area contributed by atoms with Crippen LogP contribution in [0.2, 0.25) is 0 Å². The zero-order chi connectivity index (χ0) is 30.2. The molecule has 0 unspecified atom stereocenters. The maximum absolute atomic E-state index is 16.0. The SMILES string of the molecule is O=P(c1ccccc1)(c1ccccc1)c1ccc2c(c1-c1c(P(c3ccccc3)c3ccccc3)ccc3c1OCO3)OCO2.[B]. The molecule has 0 N–H and O–H groups in total. The quantitative estimate of drug-likeness (QED) is 0.163. The predicted octanol–water partition coefficient (Wildman–Crippen LogP) is 5.83. The van der Waals surface area contributed by atoms with Crippen LogP contribution in [0.5, 0.6) is 23.0 Å². The van der Waals surface area contributed by atoms with Crippen LogP contribution in [0.25, 0.3) is 11.1 Å². The summed E-state index contributed by atoms with van der Waals surface area (Å²) in [5.41, 5.74) is 1.52. The number of hydrogen-bond donors (Lipinski definition) is 0. The smallest absolute Gasteiger partial charge is 0.231 e. The summed E-state index contributed by atoms with van der Waals surface area (Å²) in [6.45, 7) is 0.164. The van der Waals surface area contributed by atoms with Crippen molar-refractivity contribution in [1.29, 1.82) is 0 Å². The summed E-state index contributed by atoms with van der Waals surface area (Å²) >= 11 is 0. The van der Waals surface area contributed by atoms with Crippen LogP contribution in [-0.4, -0.2) is 22.0 Å². The highest BCUT2D eigenvalue weighted by atomic mass is 31.2. The Morgan fingerprint density at radius 1 is 0.478 bits per heavy atom. The van der Waals surface area contributed by atoms with E-state index in [-0.39, 0.29) is 22.0 Å². The van der Waals surface area contributed by atoms with Crippen molar-refractivity contribution in [3.8, 4) is 34.1 Å². The molecule has 8 heteroatoms. The molecule has 0 saturated heterocycles. The van der Waals surface area contributed by atoms with Crippen LogP contribution in [0, 0.1) is 0 Å². The van der Waals surface area contributed by atoms with Gasteiger partial charge in [0, 0.05) is 35.5 Å². The molecule has 6 aromatic carbocycles. The van der Waals surface area contributed by atoms with Crippen molar-refractivity contribution >= 4 is 55.3 Å². The Bertz CT molecular complexity index is 1960. The summed E-state index contributed by atoms with van der Waals surface area (Å²) in [4.78, 5) is 0. The van der Waals surface area contributed by atoms with Crippen molar-refractivity contribution < 1.29 is 23.5 Å². The van der Waals surface area contributed by atoms with Gasteiger partial charge in [0.15, 0.2) is 30.1 Å². The van der Waals surface area contributed by atoms with E-state index in [2.05, 4.69) is 54.6 Å². The lowest BCUT2D eigenvalue weighted by molar-refractivity contribution is 0.173. The molecular formula is C38H28BO5P2. The van der Waals surface area contributed by atoms with Crippen LogP contribution < -0.4 is 50.8 Å². The van der Waals surface area contributed by atoms with Gasteiger partial charge in [-0.3, -0.25) is 0 Å². The molecule has 0 fully saturated rings. The van der Waals surface area contributed by atoms with Crippen molar-refractivity contribution in [3.05, 3.63) is 146 Å². The van der Waals surface area contributed by atoms with E-state index >= 15 is 4.57 Å². The van der Waals surface area contributed by atoms with Gasteiger partial charge in [0.05, 0.1) is 0 Å². The Labute approximate surface area is 271 Å². The van der Waals surface area contributed by atoms with Crippen molar-refractivity contribution in [3.63, 3.8) is 0 Å². The summed E-state index contributed by atoms with van der Waals surface area (Å²) in [6.07, 6.45) is 0. The highest BCUT2D eigenvalue weighted by Crippen LogP contribution is 2.55. The van der Waals surface area contributed by atoms with Gasteiger partial charge in [-0.25, -0.2) is 0 Å². The van der Waals surface area contributed by atoms with Gasteiger partial charge in [0.2, 0.25) is 13.6 Å². The monoisotopic (exact) mass is 637 g/mol. The van der Waals surface area contributed by atoms with Gasteiger partial charge in [-0.15, -0.1) is 0 Å².